The molecule has 1 saturated heterocycles. The lowest BCUT2D eigenvalue weighted by molar-refractivity contribution is -0.386. The number of rotatable bonds is 8. The van der Waals surface area contributed by atoms with E-state index in [1.54, 1.807) is 0 Å². The van der Waals surface area contributed by atoms with E-state index >= 15 is 0 Å². The van der Waals surface area contributed by atoms with Crippen LogP contribution in [0.5, 0.6) is 0 Å². The summed E-state index contributed by atoms with van der Waals surface area (Å²) in [6.07, 6.45) is -10.1. The average molecular weight is 874 g/mol. The van der Waals surface area contributed by atoms with Crippen molar-refractivity contribution in [3.05, 3.63) is 53.7 Å². The number of esters is 8. The van der Waals surface area contributed by atoms with E-state index < -0.39 is 138 Å². The van der Waals surface area contributed by atoms with E-state index in [4.69, 9.17) is 47.0 Å². The third-order valence-electron chi connectivity index (χ3n) is 11.9. The van der Waals surface area contributed by atoms with Gasteiger partial charge >= 0.3 is 47.8 Å². The van der Waals surface area contributed by atoms with Crippen molar-refractivity contribution >= 4 is 47.8 Å². The third-order valence-corrected chi connectivity index (χ3v) is 11.9. The number of carbonyl (C=O) groups is 8. The molecule has 4 bridgehead atoms. The number of pyridine rings is 1. The Kier molecular flexibility index (Phi) is 12.1. The van der Waals surface area contributed by atoms with Crippen LogP contribution in [0.4, 0.5) is 0 Å². The number of hydrogen-bond donors (Lipinski definition) is 2. The molecule has 21 nitrogen and oxygen atoms in total. The summed E-state index contributed by atoms with van der Waals surface area (Å²) in [6.45, 7) is 6.25. The van der Waals surface area contributed by atoms with Gasteiger partial charge in [-0.05, 0) is 51.8 Å². The number of nitrogens with zero attached hydrogens (tertiary/aromatic N) is 1. The van der Waals surface area contributed by atoms with Crippen LogP contribution in [0.3, 0.4) is 0 Å². The van der Waals surface area contributed by atoms with Gasteiger partial charge in [-0.25, -0.2) is 14.4 Å². The van der Waals surface area contributed by atoms with Gasteiger partial charge in [-0.3, -0.25) is 29.0 Å². The minimum atomic E-state index is -3.00. The van der Waals surface area contributed by atoms with Crippen molar-refractivity contribution in [2.75, 3.05) is 13.2 Å². The Hall–Kier alpha value is -5.93. The van der Waals surface area contributed by atoms with Crippen LogP contribution in [0, 0.1) is 11.3 Å². The molecule has 4 heterocycles. The molecule has 0 radical (unpaired) electrons. The average Bonchev–Trinajstić information content (AvgIpc) is 3.79. The van der Waals surface area contributed by atoms with Crippen LogP contribution >= 0.6 is 0 Å². The molecule has 21 heteroatoms. The molecule has 3 fully saturated rings. The second-order valence-corrected chi connectivity index (χ2v) is 16.4. The normalized spacial score (nSPS) is 36.3. The van der Waals surface area contributed by atoms with E-state index in [1.165, 1.54) is 31.3 Å². The zero-order valence-electron chi connectivity index (χ0n) is 35.0. The maximum absolute atomic E-state index is 14.4. The number of aryl methyl sites for hydroxylation is 1. The summed E-state index contributed by atoms with van der Waals surface area (Å²) in [5.41, 5.74) is -13.5. The fraction of sp³-hybridized carbons (Fsp3) is 0.585. The second kappa shape index (κ2) is 16.4. The molecule has 2 aromatic rings. The highest BCUT2D eigenvalue weighted by molar-refractivity contribution is 5.91. The summed E-state index contributed by atoms with van der Waals surface area (Å²) >= 11 is 0. The first-order chi connectivity index (χ1) is 28.9. The van der Waals surface area contributed by atoms with Crippen molar-refractivity contribution in [2.45, 2.75) is 127 Å². The van der Waals surface area contributed by atoms with Gasteiger partial charge in [0.1, 0.15) is 48.3 Å². The topological polar surface area (TPSA) is 286 Å². The third kappa shape index (κ3) is 7.54. The molecule has 2 aliphatic heterocycles. The van der Waals surface area contributed by atoms with E-state index in [2.05, 4.69) is 4.98 Å². The number of fused-ring (bicyclic) bond motifs is 5. The highest BCUT2D eigenvalue weighted by Crippen LogP contribution is 2.70. The number of cyclic esters (lactones) is 1. The Morgan fingerprint density at radius 3 is 2.00 bits per heavy atom. The Bertz CT molecular complexity index is 2150. The fourth-order valence-electron chi connectivity index (χ4n) is 9.53. The summed E-state index contributed by atoms with van der Waals surface area (Å²) in [7, 11) is 0. The van der Waals surface area contributed by atoms with Crippen molar-refractivity contribution in [3.63, 3.8) is 0 Å². The molecule has 6 rings (SSSR count). The predicted octanol–water partition coefficient (Wildman–Crippen LogP) is 0.864. The molecule has 2 unspecified atom stereocenters. The van der Waals surface area contributed by atoms with E-state index in [1.807, 2.05) is 0 Å². The van der Waals surface area contributed by atoms with Crippen molar-refractivity contribution in [2.24, 2.45) is 11.3 Å². The molecule has 2 N–H and O–H groups in total. The van der Waals surface area contributed by atoms with Crippen LogP contribution in [0.2, 0.25) is 0 Å². The van der Waals surface area contributed by atoms with Gasteiger partial charge in [-0.15, -0.1) is 0 Å². The number of ether oxygens (including phenoxy) is 9. The summed E-state index contributed by atoms with van der Waals surface area (Å²) in [4.78, 5) is 113. The first-order valence-electron chi connectivity index (χ1n) is 19.5. The number of aliphatic hydroxyl groups is 2. The number of furan rings is 1. The monoisotopic (exact) mass is 873 g/mol. The lowest BCUT2D eigenvalue weighted by Crippen LogP contribution is -2.89. The molecule has 12 atom stereocenters. The van der Waals surface area contributed by atoms with Crippen LogP contribution in [0.15, 0.2) is 41.3 Å². The highest BCUT2D eigenvalue weighted by Gasteiger charge is 2.92. The van der Waals surface area contributed by atoms with E-state index in [0.717, 1.165) is 61.0 Å². The number of hydrogen-bond acceptors (Lipinski definition) is 21. The molecule has 336 valence electrons. The largest absolute Gasteiger partial charge is 0.472 e. The summed E-state index contributed by atoms with van der Waals surface area (Å²) in [5, 5.41) is 25.3. The summed E-state index contributed by atoms with van der Waals surface area (Å²) in [5.74, 6) is -10.7. The standard InChI is InChI=1S/C41H47NO20/c1-19(43)54-18-40-32(58-22(4)46)28(56-20(2)44)27-30(57-21(3)45)41(40)39(8,52)31(29(33(40)59-23(5)47)60-34(48)24-12-15-53-16-24)61-36(50)37(6,51)13-11-26-25(10-9-14-42-26)35(49)55-17-38(27,7)62-41/h9-10,12,14-16,27-33,51-52H,11,13,17-18H2,1-8H3/t27-,28-,29+,30-,31+,32-,33+,37?,38+,39?,40-,41+/m1/s1. The molecular weight excluding hydrogens is 826 g/mol. The molecule has 0 amide bonds. The first kappa shape index (κ1) is 45.6. The Balaban J connectivity index is 1.79. The van der Waals surface area contributed by atoms with Crippen molar-refractivity contribution in [3.8, 4) is 0 Å². The fourth-order valence-corrected chi connectivity index (χ4v) is 9.53. The van der Waals surface area contributed by atoms with Crippen LogP contribution in [-0.4, -0.2) is 135 Å². The quantitative estimate of drug-likeness (QED) is 0.275. The van der Waals surface area contributed by atoms with Gasteiger partial charge in [0.25, 0.3) is 0 Å². The zero-order valence-corrected chi connectivity index (χ0v) is 35.0. The SMILES string of the molecule is CC(=O)OC[C@]12[C@H](OC(C)=O)[C@H](OC(C)=O)[C@@H]3[C@@H](OC(C)=O)[C@@]14O[C@@]3(C)COC(=O)c1cccnc1CCC(C)(O)C(=O)O[C@@H]([C@H](OC(=O)c1ccoc1)[C@@H]2OC(C)=O)C4(C)O. The Morgan fingerprint density at radius 1 is 0.806 bits per heavy atom. The van der Waals surface area contributed by atoms with Gasteiger partial charge in [0.15, 0.2) is 35.6 Å². The van der Waals surface area contributed by atoms with Gasteiger partial charge in [0.2, 0.25) is 0 Å². The smallest absolute Gasteiger partial charge is 0.341 e. The lowest BCUT2D eigenvalue weighted by atomic mass is 9.45. The van der Waals surface area contributed by atoms with Crippen LogP contribution in [0.25, 0.3) is 0 Å². The lowest BCUT2D eigenvalue weighted by Gasteiger charge is -2.67. The molecule has 2 aromatic heterocycles. The molecule has 2 saturated carbocycles. The van der Waals surface area contributed by atoms with Crippen molar-refractivity contribution in [1.82, 2.24) is 4.98 Å². The van der Waals surface area contributed by atoms with Gasteiger partial charge in [-0.2, -0.15) is 0 Å². The number of aromatic nitrogens is 1. The molecule has 4 aliphatic rings. The maximum atomic E-state index is 14.4. The summed E-state index contributed by atoms with van der Waals surface area (Å²) in [6, 6.07) is 3.99. The van der Waals surface area contributed by atoms with Crippen molar-refractivity contribution < 1.29 is 95.6 Å². The minimum Gasteiger partial charge on any atom is -0.472 e. The highest BCUT2D eigenvalue weighted by atomic mass is 16.7. The molecule has 62 heavy (non-hydrogen) atoms. The number of carbonyl (C=O) groups excluding carboxylic acids is 8. The van der Waals surface area contributed by atoms with Gasteiger partial charge in [0.05, 0.1) is 29.0 Å². The minimum absolute atomic E-state index is 0.0776. The summed E-state index contributed by atoms with van der Waals surface area (Å²) < 4.78 is 59.6. The van der Waals surface area contributed by atoms with Crippen LogP contribution in [-0.2, 0) is 77.8 Å². The molecular formula is C41H47NO20. The Morgan fingerprint density at radius 2 is 1.42 bits per heavy atom. The van der Waals surface area contributed by atoms with Gasteiger partial charge in [0, 0.05) is 40.8 Å². The molecule has 1 spiro atoms. The van der Waals surface area contributed by atoms with E-state index in [0.29, 0.717) is 0 Å². The van der Waals surface area contributed by atoms with Gasteiger partial charge < -0.3 is 57.3 Å². The predicted molar refractivity (Wildman–Crippen MR) is 199 cm³/mol. The van der Waals surface area contributed by atoms with Crippen LogP contribution in [0.1, 0.15) is 88.2 Å². The molecule has 0 aromatic carbocycles. The second-order valence-electron chi connectivity index (χ2n) is 16.4. The van der Waals surface area contributed by atoms with E-state index in [9.17, 15) is 48.6 Å². The van der Waals surface area contributed by atoms with E-state index in [-0.39, 0.29) is 23.2 Å². The maximum Gasteiger partial charge on any atom is 0.341 e. The molecule has 2 aliphatic carbocycles. The van der Waals surface area contributed by atoms with Gasteiger partial charge in [-0.1, -0.05) is 0 Å². The van der Waals surface area contributed by atoms with Crippen molar-refractivity contribution in [1.29, 1.82) is 0 Å². The van der Waals surface area contributed by atoms with Crippen LogP contribution < -0.4 is 0 Å². The Labute approximate surface area is 353 Å². The zero-order chi connectivity index (χ0) is 45.7. The first-order valence-corrected chi connectivity index (χ1v) is 19.5.